The van der Waals surface area contributed by atoms with E-state index in [1.165, 1.54) is 5.56 Å². The summed E-state index contributed by atoms with van der Waals surface area (Å²) in [5, 5.41) is 9.38. The van der Waals surface area contributed by atoms with Crippen LogP contribution >= 0.6 is 15.9 Å². The van der Waals surface area contributed by atoms with Gasteiger partial charge in [-0.3, -0.25) is 0 Å². The van der Waals surface area contributed by atoms with Gasteiger partial charge in [-0.05, 0) is 41.9 Å². The zero-order chi connectivity index (χ0) is 14.9. The Morgan fingerprint density at radius 1 is 1.30 bits per heavy atom. The van der Waals surface area contributed by atoms with Gasteiger partial charge in [-0.25, -0.2) is 4.79 Å². The highest BCUT2D eigenvalue weighted by atomic mass is 79.9. The van der Waals surface area contributed by atoms with E-state index < -0.39 is 6.09 Å². The van der Waals surface area contributed by atoms with E-state index in [0.29, 0.717) is 12.5 Å². The molecule has 1 aliphatic heterocycles. The molecule has 1 fully saturated rings. The van der Waals surface area contributed by atoms with Gasteiger partial charge in [0, 0.05) is 17.1 Å². The van der Waals surface area contributed by atoms with Gasteiger partial charge in [0.1, 0.15) is 0 Å². The Bertz CT molecular complexity index is 478. The topological polar surface area (TPSA) is 40.5 Å². The molecule has 1 saturated heterocycles. The van der Waals surface area contributed by atoms with E-state index >= 15 is 0 Å². The summed E-state index contributed by atoms with van der Waals surface area (Å²) in [4.78, 5) is 13.0. The average Bonchev–Trinajstić information content (AvgIpc) is 2.38. The van der Waals surface area contributed by atoms with E-state index in [2.05, 4.69) is 61.0 Å². The Morgan fingerprint density at radius 3 is 2.40 bits per heavy atom. The van der Waals surface area contributed by atoms with Crippen molar-refractivity contribution in [2.75, 3.05) is 6.54 Å². The van der Waals surface area contributed by atoms with Gasteiger partial charge in [-0.15, -0.1) is 0 Å². The predicted molar refractivity (Wildman–Crippen MR) is 84.1 cm³/mol. The standard InChI is InChI=1S/C16H22BrNO2/c1-16(2,3)14-10-12(8-9-18(14)15(19)20)11-4-6-13(17)7-5-11/h4-7,12,14H,8-10H2,1-3H3,(H,19,20). The maximum Gasteiger partial charge on any atom is 0.407 e. The Kier molecular flexibility index (Phi) is 4.43. The van der Waals surface area contributed by atoms with Gasteiger partial charge in [0.15, 0.2) is 0 Å². The first kappa shape index (κ1) is 15.4. The molecule has 0 radical (unpaired) electrons. The minimum atomic E-state index is -0.792. The first-order valence-corrected chi connectivity index (χ1v) is 7.83. The number of piperidine rings is 1. The third-order valence-electron chi connectivity index (χ3n) is 4.19. The fraction of sp³-hybridized carbons (Fsp3) is 0.562. The molecule has 1 N–H and O–H groups in total. The number of benzene rings is 1. The average molecular weight is 340 g/mol. The summed E-state index contributed by atoms with van der Waals surface area (Å²) < 4.78 is 1.08. The summed E-state index contributed by atoms with van der Waals surface area (Å²) in [5.41, 5.74) is 1.28. The normalized spacial score (nSPS) is 23.7. The van der Waals surface area contributed by atoms with Crippen LogP contribution in [-0.2, 0) is 0 Å². The van der Waals surface area contributed by atoms with E-state index in [1.807, 2.05) is 0 Å². The SMILES string of the molecule is CC(C)(C)C1CC(c2ccc(Br)cc2)CCN1C(=O)O. The number of nitrogens with zero attached hydrogens (tertiary/aromatic N) is 1. The molecular formula is C16H22BrNO2. The Labute approximate surface area is 129 Å². The molecule has 20 heavy (non-hydrogen) atoms. The van der Waals surface area contributed by atoms with Crippen LogP contribution in [0.25, 0.3) is 0 Å². The third-order valence-corrected chi connectivity index (χ3v) is 4.72. The van der Waals surface area contributed by atoms with E-state index in [9.17, 15) is 9.90 Å². The maximum atomic E-state index is 11.4. The zero-order valence-electron chi connectivity index (χ0n) is 12.3. The molecule has 0 spiro atoms. The second-order valence-corrected chi connectivity index (χ2v) is 7.55. The number of carboxylic acid groups (broad SMARTS) is 1. The first-order valence-electron chi connectivity index (χ1n) is 7.04. The van der Waals surface area contributed by atoms with Crippen LogP contribution in [0.15, 0.2) is 28.7 Å². The first-order chi connectivity index (χ1) is 9.29. The van der Waals surface area contributed by atoms with Crippen molar-refractivity contribution >= 4 is 22.0 Å². The molecule has 1 heterocycles. The van der Waals surface area contributed by atoms with Crippen LogP contribution in [0.2, 0.25) is 0 Å². The van der Waals surface area contributed by atoms with Gasteiger partial charge in [0.25, 0.3) is 0 Å². The van der Waals surface area contributed by atoms with Crippen molar-refractivity contribution in [3.8, 4) is 0 Å². The number of rotatable bonds is 1. The minimum Gasteiger partial charge on any atom is -0.465 e. The highest BCUT2D eigenvalue weighted by Crippen LogP contribution is 2.39. The Balaban J connectivity index is 2.20. The van der Waals surface area contributed by atoms with Crippen molar-refractivity contribution < 1.29 is 9.90 Å². The summed E-state index contributed by atoms with van der Waals surface area (Å²) in [6.45, 7) is 6.99. The highest BCUT2D eigenvalue weighted by molar-refractivity contribution is 9.10. The highest BCUT2D eigenvalue weighted by Gasteiger charge is 2.38. The fourth-order valence-corrected chi connectivity index (χ4v) is 3.32. The molecule has 1 aliphatic rings. The number of amides is 1. The number of carbonyl (C=O) groups is 1. The van der Waals surface area contributed by atoms with Gasteiger partial charge in [0.05, 0.1) is 0 Å². The van der Waals surface area contributed by atoms with E-state index in [4.69, 9.17) is 0 Å². The molecular weight excluding hydrogens is 318 g/mol. The lowest BCUT2D eigenvalue weighted by molar-refractivity contribution is 0.0526. The largest absolute Gasteiger partial charge is 0.465 e. The molecule has 2 rings (SSSR count). The van der Waals surface area contributed by atoms with E-state index in [-0.39, 0.29) is 11.5 Å². The van der Waals surface area contributed by atoms with Crippen molar-refractivity contribution in [3.05, 3.63) is 34.3 Å². The van der Waals surface area contributed by atoms with Gasteiger partial charge >= 0.3 is 6.09 Å². The molecule has 1 amide bonds. The summed E-state index contributed by atoms with van der Waals surface area (Å²) in [7, 11) is 0. The van der Waals surface area contributed by atoms with Crippen LogP contribution in [0.5, 0.6) is 0 Å². The summed E-state index contributed by atoms with van der Waals surface area (Å²) in [5.74, 6) is 0.447. The van der Waals surface area contributed by atoms with Crippen LogP contribution in [0.4, 0.5) is 4.79 Å². The fourth-order valence-electron chi connectivity index (χ4n) is 3.05. The maximum absolute atomic E-state index is 11.4. The number of hydrogen-bond donors (Lipinski definition) is 1. The van der Waals surface area contributed by atoms with Crippen molar-refractivity contribution in [1.82, 2.24) is 4.90 Å². The molecule has 3 nitrogen and oxygen atoms in total. The van der Waals surface area contributed by atoms with E-state index in [0.717, 1.165) is 17.3 Å². The van der Waals surface area contributed by atoms with Gasteiger partial charge in [-0.2, -0.15) is 0 Å². The summed E-state index contributed by atoms with van der Waals surface area (Å²) in [6, 6.07) is 8.48. The smallest absolute Gasteiger partial charge is 0.407 e. The molecule has 110 valence electrons. The quantitative estimate of drug-likeness (QED) is 0.803. The van der Waals surface area contributed by atoms with Crippen molar-refractivity contribution in [1.29, 1.82) is 0 Å². The molecule has 4 heteroatoms. The Morgan fingerprint density at radius 2 is 1.90 bits per heavy atom. The Hall–Kier alpha value is -1.03. The monoisotopic (exact) mass is 339 g/mol. The molecule has 1 aromatic rings. The lowest BCUT2D eigenvalue weighted by Gasteiger charge is -2.44. The van der Waals surface area contributed by atoms with Crippen LogP contribution in [-0.4, -0.2) is 28.7 Å². The van der Waals surface area contributed by atoms with Crippen LogP contribution in [0.3, 0.4) is 0 Å². The lowest BCUT2D eigenvalue weighted by atomic mass is 9.75. The van der Waals surface area contributed by atoms with Crippen molar-refractivity contribution in [2.45, 2.75) is 45.6 Å². The molecule has 1 aromatic carbocycles. The molecule has 2 unspecified atom stereocenters. The molecule has 0 bridgehead atoms. The second kappa shape index (κ2) is 5.76. The van der Waals surface area contributed by atoms with E-state index in [1.54, 1.807) is 4.90 Å². The third kappa shape index (κ3) is 3.35. The summed E-state index contributed by atoms with van der Waals surface area (Å²) in [6.07, 6.45) is 1.01. The molecule has 0 aliphatic carbocycles. The van der Waals surface area contributed by atoms with Crippen LogP contribution in [0.1, 0.15) is 45.1 Å². The molecule has 0 saturated carbocycles. The number of hydrogen-bond acceptors (Lipinski definition) is 1. The van der Waals surface area contributed by atoms with Crippen LogP contribution in [0, 0.1) is 5.41 Å². The lowest BCUT2D eigenvalue weighted by Crippen LogP contribution is -2.51. The van der Waals surface area contributed by atoms with Gasteiger partial charge in [-0.1, -0.05) is 48.8 Å². The summed E-state index contributed by atoms with van der Waals surface area (Å²) >= 11 is 3.46. The number of halogens is 1. The molecule has 2 atom stereocenters. The molecule has 0 aromatic heterocycles. The minimum absolute atomic E-state index is 0.0353. The van der Waals surface area contributed by atoms with Gasteiger partial charge in [0.2, 0.25) is 0 Å². The van der Waals surface area contributed by atoms with Gasteiger partial charge < -0.3 is 10.0 Å². The van der Waals surface area contributed by atoms with Crippen molar-refractivity contribution in [2.24, 2.45) is 5.41 Å². The number of likely N-dealkylation sites (tertiary alicyclic amines) is 1. The second-order valence-electron chi connectivity index (χ2n) is 6.63. The van der Waals surface area contributed by atoms with Crippen LogP contribution < -0.4 is 0 Å². The van der Waals surface area contributed by atoms with Crippen molar-refractivity contribution in [3.63, 3.8) is 0 Å². The predicted octanol–water partition coefficient (Wildman–Crippen LogP) is 4.72. The zero-order valence-corrected chi connectivity index (χ0v) is 13.9.